The summed E-state index contributed by atoms with van der Waals surface area (Å²) >= 11 is 6.38. The maximum absolute atomic E-state index is 6.38. The third kappa shape index (κ3) is 5.54. The Morgan fingerprint density at radius 3 is 2.66 bits per heavy atom. The van der Waals surface area contributed by atoms with Crippen molar-refractivity contribution in [1.82, 2.24) is 19.7 Å². The van der Waals surface area contributed by atoms with Gasteiger partial charge in [0, 0.05) is 28.6 Å². The molecule has 0 aliphatic rings. The van der Waals surface area contributed by atoms with Crippen LogP contribution in [0, 0.1) is 13.8 Å². The van der Waals surface area contributed by atoms with Crippen molar-refractivity contribution < 1.29 is 0 Å². The third-order valence-electron chi connectivity index (χ3n) is 5.00. The Morgan fingerprint density at radius 2 is 1.97 bits per heavy atom. The van der Waals surface area contributed by atoms with Crippen LogP contribution in [-0.4, -0.2) is 19.7 Å². The first-order valence-corrected chi connectivity index (χ1v) is 11.1. The van der Waals surface area contributed by atoms with Gasteiger partial charge in [-0.05, 0) is 64.8 Å². The molecule has 0 fully saturated rings. The van der Waals surface area contributed by atoms with Gasteiger partial charge in [0.25, 0.3) is 0 Å². The highest BCUT2D eigenvalue weighted by Gasteiger charge is 2.16. The molecule has 3 rings (SSSR count). The molecule has 0 radical (unpaired) electrons. The van der Waals surface area contributed by atoms with Crippen molar-refractivity contribution in [2.24, 2.45) is 0 Å². The molecule has 0 saturated carbocycles. The van der Waals surface area contributed by atoms with E-state index in [0.717, 1.165) is 46.2 Å². The van der Waals surface area contributed by atoms with Crippen LogP contribution in [0.15, 0.2) is 71.1 Å². The summed E-state index contributed by atoms with van der Waals surface area (Å²) in [7, 11) is 0. The van der Waals surface area contributed by atoms with Crippen LogP contribution >= 0.6 is 11.6 Å². The van der Waals surface area contributed by atoms with E-state index in [0.29, 0.717) is 10.9 Å². The first kappa shape index (κ1) is 23.5. The molecule has 2 aromatic heterocycles. The number of anilines is 1. The lowest BCUT2D eigenvalue weighted by Gasteiger charge is -2.13. The topological polar surface area (TPSA) is 55.6 Å². The van der Waals surface area contributed by atoms with Crippen LogP contribution in [-0.2, 0) is 6.42 Å². The minimum atomic E-state index is 0.643. The molecule has 0 bridgehead atoms. The zero-order chi connectivity index (χ0) is 23.3. The second-order valence-electron chi connectivity index (χ2n) is 7.87. The summed E-state index contributed by atoms with van der Waals surface area (Å²) in [5, 5.41) is 9.08. The zero-order valence-corrected chi connectivity index (χ0v) is 20.3. The molecule has 0 unspecified atom stereocenters. The summed E-state index contributed by atoms with van der Waals surface area (Å²) in [5.74, 6) is 1.49. The fourth-order valence-corrected chi connectivity index (χ4v) is 3.47. The Kier molecular flexibility index (Phi) is 7.65. The van der Waals surface area contributed by atoms with E-state index in [9.17, 15) is 0 Å². The van der Waals surface area contributed by atoms with E-state index in [1.54, 1.807) is 6.20 Å². The molecular weight excluding hydrogens is 418 g/mol. The predicted molar refractivity (Wildman–Crippen MR) is 134 cm³/mol. The SMILES string of the molecule is C/C=C\C(Cl)=C/C(Nc1cc(-c2cccc(CC)c2)nn1-c1nc(C)cnc1C)=C(C)C. The monoisotopic (exact) mass is 447 g/mol. The molecule has 0 spiro atoms. The molecule has 3 aromatic rings. The molecule has 1 N–H and O–H groups in total. The molecule has 0 aliphatic heterocycles. The number of rotatable bonds is 7. The normalized spacial score (nSPS) is 11.8. The van der Waals surface area contributed by atoms with E-state index >= 15 is 0 Å². The maximum Gasteiger partial charge on any atom is 0.177 e. The Labute approximate surface area is 195 Å². The number of nitrogens with zero attached hydrogens (tertiary/aromatic N) is 4. The lowest BCUT2D eigenvalue weighted by Crippen LogP contribution is -2.10. The van der Waals surface area contributed by atoms with Gasteiger partial charge in [0.15, 0.2) is 5.82 Å². The second kappa shape index (κ2) is 10.4. The summed E-state index contributed by atoms with van der Waals surface area (Å²) in [5.41, 5.74) is 6.83. The van der Waals surface area contributed by atoms with E-state index in [2.05, 4.69) is 41.5 Å². The first-order chi connectivity index (χ1) is 15.3. The lowest BCUT2D eigenvalue weighted by molar-refractivity contribution is 0.823. The van der Waals surface area contributed by atoms with Crippen LogP contribution in [0.3, 0.4) is 0 Å². The average Bonchev–Trinajstić information content (AvgIpc) is 3.18. The quantitative estimate of drug-likeness (QED) is 0.399. The molecule has 0 amide bonds. The van der Waals surface area contributed by atoms with Crippen LogP contribution in [0.2, 0.25) is 0 Å². The number of hydrogen-bond acceptors (Lipinski definition) is 4. The summed E-state index contributed by atoms with van der Waals surface area (Å²) in [6, 6.07) is 10.5. The molecule has 1 aromatic carbocycles. The highest BCUT2D eigenvalue weighted by atomic mass is 35.5. The molecule has 6 heteroatoms. The number of aryl methyl sites for hydroxylation is 3. The van der Waals surface area contributed by atoms with Crippen LogP contribution in [0.25, 0.3) is 17.1 Å². The molecule has 0 atom stereocenters. The van der Waals surface area contributed by atoms with Gasteiger partial charge in [0.05, 0.1) is 17.1 Å². The summed E-state index contributed by atoms with van der Waals surface area (Å²) in [6.07, 6.45) is 8.43. The largest absolute Gasteiger partial charge is 0.340 e. The van der Waals surface area contributed by atoms with E-state index in [4.69, 9.17) is 21.7 Å². The molecule has 5 nitrogen and oxygen atoms in total. The standard InChI is InChI=1S/C26H30ClN5/c1-7-10-22(27)14-23(17(3)4)30-25-15-24(21-12-9-11-20(8-2)13-21)31-32(25)26-19(6)28-16-18(5)29-26/h7,9-16,30H,8H2,1-6H3/b10-7-,22-14+. The maximum atomic E-state index is 6.38. The number of benzene rings is 1. The first-order valence-electron chi connectivity index (χ1n) is 10.8. The van der Waals surface area contributed by atoms with Crippen molar-refractivity contribution in [2.75, 3.05) is 5.32 Å². The van der Waals surface area contributed by atoms with Crippen molar-refractivity contribution in [3.63, 3.8) is 0 Å². The van der Waals surface area contributed by atoms with Gasteiger partial charge in [0.1, 0.15) is 5.82 Å². The Bertz CT molecular complexity index is 1200. The van der Waals surface area contributed by atoms with Gasteiger partial charge in [-0.25, -0.2) is 4.98 Å². The summed E-state index contributed by atoms with van der Waals surface area (Å²) in [6.45, 7) is 12.1. The highest BCUT2D eigenvalue weighted by molar-refractivity contribution is 6.31. The summed E-state index contributed by atoms with van der Waals surface area (Å²) in [4.78, 5) is 9.20. The fraction of sp³-hybridized carbons (Fsp3) is 0.269. The van der Waals surface area contributed by atoms with E-state index in [1.165, 1.54) is 5.56 Å². The Morgan fingerprint density at radius 1 is 1.19 bits per heavy atom. The number of halogens is 1. The number of allylic oxidation sites excluding steroid dienone is 5. The lowest BCUT2D eigenvalue weighted by atomic mass is 10.1. The Balaban J connectivity index is 2.17. The van der Waals surface area contributed by atoms with Gasteiger partial charge >= 0.3 is 0 Å². The third-order valence-corrected chi connectivity index (χ3v) is 5.24. The zero-order valence-electron chi connectivity index (χ0n) is 19.6. The minimum absolute atomic E-state index is 0.643. The summed E-state index contributed by atoms with van der Waals surface area (Å²) < 4.78 is 1.82. The van der Waals surface area contributed by atoms with Crippen LogP contribution in [0.1, 0.15) is 44.6 Å². The van der Waals surface area contributed by atoms with Gasteiger partial charge in [-0.15, -0.1) is 0 Å². The number of hydrogen-bond donors (Lipinski definition) is 1. The van der Waals surface area contributed by atoms with Gasteiger partial charge in [-0.3, -0.25) is 4.98 Å². The van der Waals surface area contributed by atoms with Gasteiger partial charge in [-0.1, -0.05) is 48.4 Å². The van der Waals surface area contributed by atoms with E-state index < -0.39 is 0 Å². The molecule has 2 heterocycles. The molecule has 32 heavy (non-hydrogen) atoms. The van der Waals surface area contributed by atoms with Gasteiger partial charge in [0.2, 0.25) is 0 Å². The fourth-order valence-electron chi connectivity index (χ4n) is 3.24. The van der Waals surface area contributed by atoms with Crippen molar-refractivity contribution >= 4 is 17.4 Å². The van der Waals surface area contributed by atoms with Gasteiger partial charge < -0.3 is 5.32 Å². The number of nitrogens with one attached hydrogen (secondary N) is 1. The van der Waals surface area contributed by atoms with Crippen LogP contribution < -0.4 is 5.32 Å². The highest BCUT2D eigenvalue weighted by Crippen LogP contribution is 2.28. The van der Waals surface area contributed by atoms with Crippen LogP contribution in [0.5, 0.6) is 0 Å². The number of aromatic nitrogens is 4. The molecule has 0 saturated heterocycles. The Hall–Kier alpha value is -3.18. The predicted octanol–water partition coefficient (Wildman–Crippen LogP) is 6.91. The van der Waals surface area contributed by atoms with Crippen molar-refractivity contribution in [3.8, 4) is 17.1 Å². The average molecular weight is 448 g/mol. The molecular formula is C26H30ClN5. The molecule has 166 valence electrons. The molecule has 0 aliphatic carbocycles. The van der Waals surface area contributed by atoms with Crippen molar-refractivity contribution in [3.05, 3.63) is 88.0 Å². The second-order valence-corrected chi connectivity index (χ2v) is 8.31. The van der Waals surface area contributed by atoms with Crippen molar-refractivity contribution in [2.45, 2.75) is 48.0 Å². The minimum Gasteiger partial charge on any atom is -0.340 e. The van der Waals surface area contributed by atoms with Gasteiger partial charge in [-0.2, -0.15) is 9.78 Å². The van der Waals surface area contributed by atoms with Crippen LogP contribution in [0.4, 0.5) is 5.82 Å². The van der Waals surface area contributed by atoms with E-state index in [1.807, 2.05) is 63.6 Å². The van der Waals surface area contributed by atoms with Crippen molar-refractivity contribution in [1.29, 1.82) is 0 Å². The van der Waals surface area contributed by atoms with E-state index in [-0.39, 0.29) is 0 Å². The smallest absolute Gasteiger partial charge is 0.177 e.